The first kappa shape index (κ1) is 16.9. The second-order valence-electron chi connectivity index (χ2n) is 6.58. The van der Waals surface area contributed by atoms with E-state index in [2.05, 4.69) is 4.98 Å². The topological polar surface area (TPSA) is 59.5 Å². The molecule has 6 heteroatoms. The van der Waals surface area contributed by atoms with Gasteiger partial charge in [0.1, 0.15) is 5.60 Å². The summed E-state index contributed by atoms with van der Waals surface area (Å²) in [6, 6.07) is 3.78. The van der Waals surface area contributed by atoms with E-state index in [1.165, 1.54) is 0 Å². The fourth-order valence-corrected chi connectivity index (χ4v) is 3.92. The summed E-state index contributed by atoms with van der Waals surface area (Å²) in [5, 5.41) is 0.00137. The van der Waals surface area contributed by atoms with E-state index in [-0.39, 0.29) is 11.3 Å². The van der Waals surface area contributed by atoms with Crippen LogP contribution in [0, 0.1) is 0 Å². The first-order chi connectivity index (χ1) is 10.3. The second kappa shape index (κ2) is 7.22. The zero-order chi connectivity index (χ0) is 16.2. The lowest BCUT2D eigenvalue weighted by molar-refractivity contribution is 0.0219. The van der Waals surface area contributed by atoms with Crippen LogP contribution in [0.25, 0.3) is 0 Å². The molecule has 22 heavy (non-hydrogen) atoms. The van der Waals surface area contributed by atoms with Crippen molar-refractivity contribution in [1.82, 2.24) is 9.88 Å². The molecule has 1 aliphatic rings. The number of carbonyl (C=O) groups excluding carboxylic acids is 1. The molecular formula is C16H24N2O3S. The van der Waals surface area contributed by atoms with Gasteiger partial charge in [0.15, 0.2) is 0 Å². The van der Waals surface area contributed by atoms with Crippen LogP contribution >= 0.6 is 0 Å². The summed E-state index contributed by atoms with van der Waals surface area (Å²) in [5.74, 6) is 0.487. The fraction of sp³-hybridized carbons (Fsp3) is 0.625. The Labute approximate surface area is 134 Å². The van der Waals surface area contributed by atoms with E-state index in [0.717, 1.165) is 18.4 Å². The molecule has 0 bridgehead atoms. The number of ether oxygens (including phenoxy) is 1. The van der Waals surface area contributed by atoms with Gasteiger partial charge >= 0.3 is 6.09 Å². The number of nitrogens with zero attached hydrogens (tertiary/aromatic N) is 2. The highest BCUT2D eigenvalue weighted by molar-refractivity contribution is 7.84. The minimum absolute atomic E-state index is 0.00137. The Morgan fingerprint density at radius 2 is 2.27 bits per heavy atom. The van der Waals surface area contributed by atoms with Gasteiger partial charge in [-0.05, 0) is 45.2 Å². The number of aromatic nitrogens is 1. The molecule has 0 saturated carbocycles. The molecule has 0 spiro atoms. The van der Waals surface area contributed by atoms with Crippen molar-refractivity contribution in [3.63, 3.8) is 0 Å². The van der Waals surface area contributed by atoms with Crippen LogP contribution in [0.3, 0.4) is 0 Å². The van der Waals surface area contributed by atoms with E-state index >= 15 is 0 Å². The van der Waals surface area contributed by atoms with Gasteiger partial charge in [-0.2, -0.15) is 0 Å². The van der Waals surface area contributed by atoms with E-state index < -0.39 is 16.4 Å². The molecule has 0 aliphatic carbocycles. The average molecular weight is 324 g/mol. The van der Waals surface area contributed by atoms with Crippen molar-refractivity contribution in [2.24, 2.45) is 0 Å². The highest BCUT2D eigenvalue weighted by Crippen LogP contribution is 2.20. The SMILES string of the molecule is CC(C)(C)OC(=O)N1CCC[C@@H]([S@@](=O)Cc2cccnc2)C1. The molecule has 2 heterocycles. The maximum absolute atomic E-state index is 12.5. The molecule has 1 amide bonds. The van der Waals surface area contributed by atoms with Gasteiger partial charge in [-0.3, -0.25) is 9.19 Å². The normalized spacial score (nSPS) is 20.5. The molecule has 1 aromatic rings. The molecule has 2 atom stereocenters. The zero-order valence-corrected chi connectivity index (χ0v) is 14.3. The van der Waals surface area contributed by atoms with E-state index in [1.807, 2.05) is 32.9 Å². The highest BCUT2D eigenvalue weighted by Gasteiger charge is 2.30. The van der Waals surface area contributed by atoms with Crippen LogP contribution in [-0.4, -0.2) is 44.1 Å². The zero-order valence-electron chi connectivity index (χ0n) is 13.4. The number of rotatable bonds is 3. The summed E-state index contributed by atoms with van der Waals surface area (Å²) < 4.78 is 17.9. The Bertz CT molecular complexity index is 528. The highest BCUT2D eigenvalue weighted by atomic mass is 32.2. The number of likely N-dealkylation sites (tertiary alicyclic amines) is 1. The van der Waals surface area contributed by atoms with Gasteiger partial charge in [0.2, 0.25) is 0 Å². The maximum Gasteiger partial charge on any atom is 0.410 e. The second-order valence-corrected chi connectivity index (χ2v) is 8.29. The monoisotopic (exact) mass is 324 g/mol. The first-order valence-corrected chi connectivity index (χ1v) is 8.97. The Hall–Kier alpha value is -1.43. The van der Waals surface area contributed by atoms with Gasteiger partial charge in [-0.25, -0.2) is 4.79 Å². The third kappa shape index (κ3) is 5.09. The summed E-state index contributed by atoms with van der Waals surface area (Å²) >= 11 is 0. The Morgan fingerprint density at radius 1 is 1.50 bits per heavy atom. The molecule has 0 radical (unpaired) electrons. The molecule has 1 saturated heterocycles. The fourth-order valence-electron chi connectivity index (χ4n) is 2.41. The quantitative estimate of drug-likeness (QED) is 0.858. The van der Waals surface area contributed by atoms with Crippen molar-refractivity contribution >= 4 is 16.9 Å². The lowest BCUT2D eigenvalue weighted by Gasteiger charge is -2.33. The molecule has 2 rings (SSSR count). The van der Waals surface area contributed by atoms with Crippen molar-refractivity contribution in [1.29, 1.82) is 0 Å². The lowest BCUT2D eigenvalue weighted by atomic mass is 10.1. The molecule has 0 N–H and O–H groups in total. The predicted molar refractivity (Wildman–Crippen MR) is 86.9 cm³/mol. The third-order valence-corrected chi connectivity index (χ3v) is 5.18. The number of carbonyl (C=O) groups is 1. The number of hydrogen-bond donors (Lipinski definition) is 0. The average Bonchev–Trinajstić information content (AvgIpc) is 2.46. The van der Waals surface area contributed by atoms with E-state index in [4.69, 9.17) is 4.74 Å². The minimum Gasteiger partial charge on any atom is -0.444 e. The van der Waals surface area contributed by atoms with Gasteiger partial charge < -0.3 is 9.64 Å². The molecule has 122 valence electrons. The van der Waals surface area contributed by atoms with Gasteiger partial charge in [0.25, 0.3) is 0 Å². The summed E-state index contributed by atoms with van der Waals surface area (Å²) in [4.78, 5) is 17.9. The number of pyridine rings is 1. The van der Waals surface area contributed by atoms with Crippen LogP contribution in [0.15, 0.2) is 24.5 Å². The largest absolute Gasteiger partial charge is 0.444 e. The Kier molecular flexibility index (Phi) is 5.56. The van der Waals surface area contributed by atoms with Gasteiger partial charge in [0.05, 0.1) is 11.0 Å². The molecule has 5 nitrogen and oxygen atoms in total. The van der Waals surface area contributed by atoms with Crippen LogP contribution in [0.2, 0.25) is 0 Å². The first-order valence-electron chi connectivity index (χ1n) is 7.59. The van der Waals surface area contributed by atoms with Crippen LogP contribution in [0.1, 0.15) is 39.2 Å². The van der Waals surface area contributed by atoms with E-state index in [0.29, 0.717) is 18.8 Å². The van der Waals surface area contributed by atoms with Crippen LogP contribution in [0.5, 0.6) is 0 Å². The molecule has 0 unspecified atom stereocenters. The summed E-state index contributed by atoms with van der Waals surface area (Å²) in [6.07, 6.45) is 4.88. The smallest absolute Gasteiger partial charge is 0.410 e. The summed E-state index contributed by atoms with van der Waals surface area (Å²) in [6.45, 7) is 6.74. The molecule has 1 fully saturated rings. The lowest BCUT2D eigenvalue weighted by Crippen LogP contribution is -2.46. The number of piperidine rings is 1. The van der Waals surface area contributed by atoms with Crippen molar-refractivity contribution in [3.05, 3.63) is 30.1 Å². The van der Waals surface area contributed by atoms with Gasteiger partial charge in [-0.1, -0.05) is 6.07 Å². The van der Waals surface area contributed by atoms with E-state index in [1.54, 1.807) is 17.3 Å². The maximum atomic E-state index is 12.5. The van der Waals surface area contributed by atoms with Gasteiger partial charge in [0, 0.05) is 36.3 Å². The third-order valence-electron chi connectivity index (χ3n) is 3.43. The predicted octanol–water partition coefficient (Wildman–Crippen LogP) is 2.73. The van der Waals surface area contributed by atoms with Crippen molar-refractivity contribution in [2.45, 2.75) is 50.2 Å². The molecule has 0 aromatic carbocycles. The van der Waals surface area contributed by atoms with Crippen molar-refractivity contribution in [3.8, 4) is 0 Å². The number of amides is 1. The standard InChI is InChI=1S/C16H24N2O3S/c1-16(2,3)21-15(19)18-9-5-7-14(11-18)22(20)12-13-6-4-8-17-10-13/h4,6,8,10,14H,5,7,9,11-12H2,1-3H3/t14-,22+/m1/s1. The van der Waals surface area contributed by atoms with Crippen LogP contribution in [0.4, 0.5) is 4.79 Å². The summed E-state index contributed by atoms with van der Waals surface area (Å²) in [7, 11) is -1.01. The Balaban J connectivity index is 1.92. The van der Waals surface area contributed by atoms with Gasteiger partial charge in [-0.15, -0.1) is 0 Å². The van der Waals surface area contributed by atoms with Crippen LogP contribution in [-0.2, 0) is 21.3 Å². The molecule has 1 aliphatic heterocycles. The van der Waals surface area contributed by atoms with Crippen LogP contribution < -0.4 is 0 Å². The molecule has 1 aromatic heterocycles. The van der Waals surface area contributed by atoms with E-state index in [9.17, 15) is 9.00 Å². The Morgan fingerprint density at radius 3 is 2.91 bits per heavy atom. The summed E-state index contributed by atoms with van der Waals surface area (Å²) in [5.41, 5.74) is 0.467. The number of hydrogen-bond acceptors (Lipinski definition) is 4. The van der Waals surface area contributed by atoms with Crippen molar-refractivity contribution in [2.75, 3.05) is 13.1 Å². The minimum atomic E-state index is -1.01. The molecular weight excluding hydrogens is 300 g/mol. The van der Waals surface area contributed by atoms with Crippen molar-refractivity contribution < 1.29 is 13.7 Å².